The number of ether oxygens (including phenoxy) is 1. The maximum absolute atomic E-state index is 12.2. The van der Waals surface area contributed by atoms with Gasteiger partial charge in [0.2, 0.25) is 5.91 Å². The minimum Gasteiger partial charge on any atom is -0.493 e. The molecule has 0 spiro atoms. The smallest absolute Gasteiger partial charge is 0.244 e. The summed E-state index contributed by atoms with van der Waals surface area (Å²) in [4.78, 5) is 16.1. The van der Waals surface area contributed by atoms with Gasteiger partial charge in [-0.3, -0.25) is 4.79 Å². The van der Waals surface area contributed by atoms with E-state index in [9.17, 15) is 4.79 Å². The van der Waals surface area contributed by atoms with E-state index in [1.165, 1.54) is 22.1 Å². The molecule has 0 unspecified atom stereocenters. The summed E-state index contributed by atoms with van der Waals surface area (Å²) in [7, 11) is 0. The van der Waals surface area contributed by atoms with Crippen LogP contribution in [0.4, 0.5) is 0 Å². The fourth-order valence-electron chi connectivity index (χ4n) is 3.06. The van der Waals surface area contributed by atoms with E-state index in [2.05, 4.69) is 39.7 Å². The van der Waals surface area contributed by atoms with Crippen molar-refractivity contribution < 1.29 is 9.53 Å². The molecule has 1 aliphatic rings. The van der Waals surface area contributed by atoms with Crippen molar-refractivity contribution in [2.24, 2.45) is 0 Å². The number of aromatic nitrogens is 3. The van der Waals surface area contributed by atoms with Crippen molar-refractivity contribution in [1.82, 2.24) is 20.1 Å². The van der Waals surface area contributed by atoms with E-state index >= 15 is 0 Å². The van der Waals surface area contributed by atoms with Crippen LogP contribution in [-0.4, -0.2) is 27.3 Å². The largest absolute Gasteiger partial charge is 0.493 e. The van der Waals surface area contributed by atoms with Gasteiger partial charge >= 0.3 is 0 Å². The van der Waals surface area contributed by atoms with Crippen molar-refractivity contribution in [3.63, 3.8) is 0 Å². The van der Waals surface area contributed by atoms with Crippen molar-refractivity contribution in [3.8, 4) is 16.9 Å². The van der Waals surface area contributed by atoms with Crippen molar-refractivity contribution >= 4 is 5.91 Å². The van der Waals surface area contributed by atoms with Gasteiger partial charge in [-0.15, -0.1) is 0 Å². The van der Waals surface area contributed by atoms with Gasteiger partial charge in [-0.25, -0.2) is 9.67 Å². The van der Waals surface area contributed by atoms with E-state index in [1.807, 2.05) is 18.2 Å². The van der Waals surface area contributed by atoms with Gasteiger partial charge in [0, 0.05) is 13.0 Å². The molecule has 1 atom stereocenters. The first-order chi connectivity index (χ1) is 12.7. The quantitative estimate of drug-likeness (QED) is 0.770. The minimum atomic E-state index is -0.384. The highest BCUT2D eigenvalue weighted by Crippen LogP contribution is 2.30. The van der Waals surface area contributed by atoms with Gasteiger partial charge in [-0.2, -0.15) is 5.10 Å². The van der Waals surface area contributed by atoms with Crippen LogP contribution in [0, 0.1) is 0 Å². The lowest BCUT2D eigenvalue weighted by molar-refractivity contribution is -0.124. The van der Waals surface area contributed by atoms with Crippen LogP contribution < -0.4 is 10.1 Å². The number of hydrogen-bond acceptors (Lipinski definition) is 4. The van der Waals surface area contributed by atoms with Gasteiger partial charge in [0.15, 0.2) is 0 Å². The summed E-state index contributed by atoms with van der Waals surface area (Å²) in [6, 6.07) is 14.2. The number of amides is 1. The highest BCUT2D eigenvalue weighted by Gasteiger charge is 2.15. The topological polar surface area (TPSA) is 69.0 Å². The van der Waals surface area contributed by atoms with Gasteiger partial charge < -0.3 is 10.1 Å². The summed E-state index contributed by atoms with van der Waals surface area (Å²) in [5.41, 5.74) is 4.66. The van der Waals surface area contributed by atoms with E-state index in [0.29, 0.717) is 6.54 Å². The maximum Gasteiger partial charge on any atom is 0.244 e. The lowest BCUT2D eigenvalue weighted by atomic mass is 10.0. The van der Waals surface area contributed by atoms with Gasteiger partial charge in [-0.1, -0.05) is 30.3 Å². The third kappa shape index (κ3) is 3.31. The molecule has 0 saturated heterocycles. The lowest BCUT2D eigenvalue weighted by Gasteiger charge is -2.12. The van der Waals surface area contributed by atoms with Crippen LogP contribution in [0.15, 0.2) is 55.1 Å². The third-order valence-electron chi connectivity index (χ3n) is 4.66. The third-order valence-corrected chi connectivity index (χ3v) is 4.66. The predicted molar refractivity (Wildman–Crippen MR) is 97.7 cm³/mol. The average Bonchev–Trinajstić information content (AvgIpc) is 3.37. The molecule has 1 aliphatic heterocycles. The minimum absolute atomic E-state index is 0.0850. The average molecular weight is 348 g/mol. The van der Waals surface area contributed by atoms with Crippen LogP contribution in [-0.2, 0) is 17.8 Å². The zero-order valence-electron chi connectivity index (χ0n) is 14.6. The number of fused-ring (bicyclic) bond motifs is 1. The predicted octanol–water partition coefficient (Wildman–Crippen LogP) is 2.76. The summed E-state index contributed by atoms with van der Waals surface area (Å²) in [6.45, 7) is 3.05. The molecule has 26 heavy (non-hydrogen) atoms. The molecule has 2 aromatic carbocycles. The van der Waals surface area contributed by atoms with Crippen LogP contribution in [0.25, 0.3) is 11.1 Å². The SMILES string of the molecule is C[C@@H](C(=O)NCc1ccc(-c2ccc3c(c2)CCO3)cc1)n1cncn1. The van der Waals surface area contributed by atoms with Gasteiger partial charge in [0.25, 0.3) is 0 Å². The first-order valence-electron chi connectivity index (χ1n) is 8.67. The summed E-state index contributed by atoms with van der Waals surface area (Å²) in [5, 5.41) is 6.93. The summed E-state index contributed by atoms with van der Waals surface area (Å²) in [5.74, 6) is 0.910. The Morgan fingerprint density at radius 3 is 2.81 bits per heavy atom. The van der Waals surface area contributed by atoms with Gasteiger partial charge in [-0.05, 0) is 41.3 Å². The molecule has 1 aromatic heterocycles. The van der Waals surface area contributed by atoms with E-state index in [1.54, 1.807) is 13.3 Å². The molecule has 2 heterocycles. The van der Waals surface area contributed by atoms with Gasteiger partial charge in [0.1, 0.15) is 24.4 Å². The van der Waals surface area contributed by atoms with Crippen LogP contribution in [0.1, 0.15) is 24.1 Å². The molecule has 132 valence electrons. The molecule has 1 N–H and O–H groups in total. The lowest BCUT2D eigenvalue weighted by Crippen LogP contribution is -2.30. The zero-order valence-corrected chi connectivity index (χ0v) is 14.6. The van der Waals surface area contributed by atoms with Crippen molar-refractivity contribution in [1.29, 1.82) is 0 Å². The number of nitrogens with zero attached hydrogens (tertiary/aromatic N) is 3. The van der Waals surface area contributed by atoms with Crippen LogP contribution in [0.5, 0.6) is 5.75 Å². The van der Waals surface area contributed by atoms with Crippen LogP contribution in [0.2, 0.25) is 0 Å². The molecule has 3 aromatic rings. The van der Waals surface area contributed by atoms with Crippen molar-refractivity contribution in [2.75, 3.05) is 6.61 Å². The van der Waals surface area contributed by atoms with Crippen molar-refractivity contribution in [3.05, 3.63) is 66.2 Å². The number of nitrogens with one attached hydrogen (secondary N) is 1. The Morgan fingerprint density at radius 1 is 1.23 bits per heavy atom. The Labute approximate surface area is 151 Å². The number of carbonyl (C=O) groups excluding carboxylic acids is 1. The first kappa shape index (κ1) is 16.3. The van der Waals surface area contributed by atoms with E-state index in [-0.39, 0.29) is 11.9 Å². The Morgan fingerprint density at radius 2 is 2.04 bits per heavy atom. The second-order valence-electron chi connectivity index (χ2n) is 6.39. The Hall–Kier alpha value is -3.15. The second-order valence-corrected chi connectivity index (χ2v) is 6.39. The van der Waals surface area contributed by atoms with E-state index in [0.717, 1.165) is 29.9 Å². The highest BCUT2D eigenvalue weighted by molar-refractivity contribution is 5.79. The molecule has 4 rings (SSSR count). The Kier molecular flexibility index (Phi) is 4.39. The zero-order chi connectivity index (χ0) is 17.9. The maximum atomic E-state index is 12.2. The van der Waals surface area contributed by atoms with E-state index < -0.39 is 0 Å². The van der Waals surface area contributed by atoms with E-state index in [4.69, 9.17) is 4.74 Å². The number of rotatable bonds is 5. The monoisotopic (exact) mass is 348 g/mol. The number of benzene rings is 2. The molecule has 6 nitrogen and oxygen atoms in total. The molecule has 0 bridgehead atoms. The fourth-order valence-corrected chi connectivity index (χ4v) is 3.06. The summed E-state index contributed by atoms with van der Waals surface area (Å²) in [6.07, 6.45) is 3.94. The van der Waals surface area contributed by atoms with Crippen LogP contribution >= 0.6 is 0 Å². The van der Waals surface area contributed by atoms with Gasteiger partial charge in [0.05, 0.1) is 6.61 Å². The fraction of sp³-hybridized carbons (Fsp3) is 0.250. The normalized spacial score (nSPS) is 13.7. The summed E-state index contributed by atoms with van der Waals surface area (Å²) < 4.78 is 7.10. The number of hydrogen-bond donors (Lipinski definition) is 1. The molecule has 0 radical (unpaired) electrons. The molecule has 0 saturated carbocycles. The molecule has 0 fully saturated rings. The number of carbonyl (C=O) groups is 1. The molecular weight excluding hydrogens is 328 g/mol. The molecule has 1 amide bonds. The first-order valence-corrected chi connectivity index (χ1v) is 8.67. The Bertz CT molecular complexity index is 904. The standard InChI is InChI=1S/C20H20N4O2/c1-14(24-13-21-12-23-24)20(25)22-11-15-2-4-16(5-3-15)17-6-7-19-18(10-17)8-9-26-19/h2-7,10,12-14H,8-9,11H2,1H3,(H,22,25)/t14-/m0/s1. The molecule has 0 aliphatic carbocycles. The molecule has 6 heteroatoms. The van der Waals surface area contributed by atoms with Crippen LogP contribution in [0.3, 0.4) is 0 Å². The molecular formula is C20H20N4O2. The highest BCUT2D eigenvalue weighted by atomic mass is 16.5. The summed E-state index contributed by atoms with van der Waals surface area (Å²) >= 11 is 0. The second kappa shape index (κ2) is 7.00. The Balaban J connectivity index is 1.39. The van der Waals surface area contributed by atoms with Crippen molar-refractivity contribution in [2.45, 2.75) is 25.9 Å².